The predicted octanol–water partition coefficient (Wildman–Crippen LogP) is 2.92. The number of fused-ring (bicyclic) bond motifs is 1. The number of aryl methyl sites for hydroxylation is 1. The first kappa shape index (κ1) is 22.3. The lowest BCUT2D eigenvalue weighted by atomic mass is 9.89. The Labute approximate surface area is 184 Å². The maximum Gasteiger partial charge on any atom is 0.275 e. The summed E-state index contributed by atoms with van der Waals surface area (Å²) in [5.41, 5.74) is 5.15. The molecule has 4 heterocycles. The van der Waals surface area contributed by atoms with Gasteiger partial charge in [0, 0.05) is 6.54 Å². The van der Waals surface area contributed by atoms with Gasteiger partial charge in [-0.3, -0.25) is 9.79 Å². The zero-order chi connectivity index (χ0) is 23.5. The molecule has 0 bridgehead atoms. The van der Waals surface area contributed by atoms with Crippen molar-refractivity contribution in [2.75, 3.05) is 11.9 Å². The Morgan fingerprint density at radius 3 is 2.69 bits per heavy atom. The molecule has 2 aromatic heterocycles. The monoisotopic (exact) mass is 462 g/mol. The van der Waals surface area contributed by atoms with E-state index >= 15 is 4.39 Å². The van der Waals surface area contributed by atoms with Crippen molar-refractivity contribution in [1.82, 2.24) is 9.97 Å². The van der Waals surface area contributed by atoms with E-state index in [1.54, 1.807) is 27.7 Å². The van der Waals surface area contributed by atoms with Crippen LogP contribution < -0.4 is 11.1 Å². The van der Waals surface area contributed by atoms with Gasteiger partial charge in [0.15, 0.2) is 0 Å². The molecule has 0 radical (unpaired) electrons. The molecule has 3 atom stereocenters. The van der Waals surface area contributed by atoms with E-state index in [0.29, 0.717) is 18.5 Å². The first-order chi connectivity index (χ1) is 14.9. The van der Waals surface area contributed by atoms with Gasteiger partial charge < -0.3 is 11.1 Å². The van der Waals surface area contributed by atoms with Crippen LogP contribution in [0.3, 0.4) is 0 Å². The van der Waals surface area contributed by atoms with Gasteiger partial charge in [-0.25, -0.2) is 27.3 Å². The van der Waals surface area contributed by atoms with Crippen molar-refractivity contribution in [3.05, 3.63) is 53.0 Å². The maximum absolute atomic E-state index is 15.0. The van der Waals surface area contributed by atoms with Crippen LogP contribution in [0.25, 0.3) is 0 Å². The molecule has 8 nitrogen and oxygen atoms in total. The molecule has 2 aliphatic rings. The maximum atomic E-state index is 15.0. The molecule has 0 saturated heterocycles. The van der Waals surface area contributed by atoms with E-state index in [0.717, 1.165) is 12.3 Å². The average Bonchev–Trinajstić information content (AvgIpc) is 3.13. The summed E-state index contributed by atoms with van der Waals surface area (Å²) in [6.45, 7) is 7.01. The molecule has 11 heteroatoms. The zero-order valence-corrected chi connectivity index (χ0v) is 19.0. The Bertz CT molecular complexity index is 1290. The van der Waals surface area contributed by atoms with Gasteiger partial charge in [-0.05, 0) is 57.9 Å². The van der Waals surface area contributed by atoms with E-state index in [4.69, 9.17) is 5.73 Å². The molecule has 1 amide bonds. The van der Waals surface area contributed by atoms with Gasteiger partial charge in [0.05, 0.1) is 21.2 Å². The molecule has 0 unspecified atom stereocenters. The van der Waals surface area contributed by atoms with Crippen LogP contribution in [0.1, 0.15) is 48.9 Å². The third kappa shape index (κ3) is 3.17. The molecule has 3 N–H and O–H groups in total. The summed E-state index contributed by atoms with van der Waals surface area (Å²) in [6.07, 6.45) is 1.39. The van der Waals surface area contributed by atoms with Crippen molar-refractivity contribution in [2.45, 2.75) is 49.7 Å². The van der Waals surface area contributed by atoms with Gasteiger partial charge in [0.2, 0.25) is 0 Å². The molecule has 0 aromatic carbocycles. The van der Waals surface area contributed by atoms with Crippen molar-refractivity contribution >= 4 is 27.3 Å². The van der Waals surface area contributed by atoms with E-state index < -0.39 is 42.8 Å². The number of carbonyl (C=O) groups excluding carboxylic acids is 1. The van der Waals surface area contributed by atoms with Gasteiger partial charge in [0.25, 0.3) is 5.91 Å². The highest BCUT2D eigenvalue weighted by molar-refractivity contribution is 7.96. The number of rotatable bonds is 3. The summed E-state index contributed by atoms with van der Waals surface area (Å²) in [4.78, 5) is 25.3. The van der Waals surface area contributed by atoms with E-state index in [1.807, 2.05) is 0 Å². The van der Waals surface area contributed by atoms with Crippen molar-refractivity contribution in [2.24, 2.45) is 15.1 Å². The molecular formula is C21H24F2N6O2S. The molecule has 0 saturated carbocycles. The van der Waals surface area contributed by atoms with Crippen LogP contribution in [0.2, 0.25) is 0 Å². The van der Waals surface area contributed by atoms with Crippen LogP contribution in [-0.2, 0) is 15.3 Å². The van der Waals surface area contributed by atoms with Crippen LogP contribution in [-0.4, -0.2) is 42.5 Å². The van der Waals surface area contributed by atoms with Crippen LogP contribution in [0.15, 0.2) is 33.8 Å². The topological polar surface area (TPSA) is 123 Å². The van der Waals surface area contributed by atoms with Crippen LogP contribution in [0.5, 0.6) is 0 Å². The van der Waals surface area contributed by atoms with Gasteiger partial charge in [0.1, 0.15) is 45.0 Å². The third-order valence-electron chi connectivity index (χ3n) is 6.21. The minimum absolute atomic E-state index is 0.0181. The second-order valence-electron chi connectivity index (χ2n) is 8.65. The highest BCUT2D eigenvalue weighted by Crippen LogP contribution is 2.47. The molecule has 0 aliphatic carbocycles. The number of halogens is 2. The van der Waals surface area contributed by atoms with Gasteiger partial charge >= 0.3 is 0 Å². The van der Waals surface area contributed by atoms with Gasteiger partial charge in [-0.2, -0.15) is 0 Å². The largest absolute Gasteiger partial charge is 0.386 e. The summed E-state index contributed by atoms with van der Waals surface area (Å²) < 4.78 is 45.6. The second-order valence-corrected chi connectivity index (χ2v) is 11.6. The first-order valence-electron chi connectivity index (χ1n) is 10.1. The number of carbonyl (C=O) groups is 1. The lowest BCUT2D eigenvalue weighted by molar-refractivity contribution is 0.102. The molecule has 0 spiro atoms. The van der Waals surface area contributed by atoms with Crippen molar-refractivity contribution < 1.29 is 17.8 Å². The predicted molar refractivity (Wildman–Crippen MR) is 118 cm³/mol. The fourth-order valence-electron chi connectivity index (χ4n) is 4.30. The zero-order valence-electron chi connectivity index (χ0n) is 18.1. The van der Waals surface area contributed by atoms with E-state index in [1.165, 1.54) is 12.1 Å². The summed E-state index contributed by atoms with van der Waals surface area (Å²) in [5, 5.41) is 1.97. The van der Waals surface area contributed by atoms with Crippen LogP contribution in [0, 0.1) is 18.6 Å². The number of anilines is 1. The number of pyridine rings is 2. The van der Waals surface area contributed by atoms with Crippen LogP contribution >= 0.6 is 0 Å². The number of hydrogen-bond acceptors (Lipinski definition) is 7. The standard InChI is InChI=1S/C21H24F2N6O2S/c1-11-9-12(22)10-25-16(11)18(30)28-15-6-5-13(23)17(27-15)21(4)14-7-8-26-32(14,31)20(2,3)19(24)29-21/h5-6,9-10,14H,7-8H2,1-4H3,(H2,24,29)(H,27,28,30)/t14-,21-,32-/m0/s1. The van der Waals surface area contributed by atoms with Crippen molar-refractivity contribution in [3.8, 4) is 0 Å². The Kier molecular flexibility index (Phi) is 5.07. The fraction of sp³-hybridized carbons (Fsp3) is 0.429. The summed E-state index contributed by atoms with van der Waals surface area (Å²) in [6, 6.07) is 3.65. The second kappa shape index (κ2) is 7.29. The quantitative estimate of drug-likeness (QED) is 0.726. The number of nitrogens with zero attached hydrogens (tertiary/aromatic N) is 4. The van der Waals surface area contributed by atoms with Gasteiger partial charge in [-0.1, -0.05) is 0 Å². The molecule has 4 rings (SSSR count). The molecule has 2 aliphatic heterocycles. The van der Waals surface area contributed by atoms with Crippen molar-refractivity contribution in [1.29, 1.82) is 0 Å². The highest BCUT2D eigenvalue weighted by Gasteiger charge is 2.57. The van der Waals surface area contributed by atoms with Gasteiger partial charge in [-0.15, -0.1) is 0 Å². The van der Waals surface area contributed by atoms with E-state index in [9.17, 15) is 13.4 Å². The number of amidine groups is 1. The minimum atomic E-state index is -2.85. The molecule has 2 aromatic rings. The number of nitrogens with two attached hydrogens (primary N) is 1. The Hall–Kier alpha value is -2.95. The number of nitrogens with one attached hydrogen (secondary N) is 1. The molecular weight excluding hydrogens is 438 g/mol. The lowest BCUT2D eigenvalue weighted by Crippen LogP contribution is -2.58. The third-order valence-corrected chi connectivity index (χ3v) is 9.92. The SMILES string of the molecule is Cc1cc(F)cnc1C(=O)Nc1ccc(F)c([C@@]2(C)N=C(N)C(C)(C)[S@]3(=O)=NCC[C@@H]23)n1. The average molecular weight is 463 g/mol. The minimum Gasteiger partial charge on any atom is -0.386 e. The lowest BCUT2D eigenvalue weighted by Gasteiger charge is -2.44. The normalized spacial score (nSPS) is 28.4. The van der Waals surface area contributed by atoms with Crippen molar-refractivity contribution in [3.63, 3.8) is 0 Å². The smallest absolute Gasteiger partial charge is 0.275 e. The van der Waals surface area contributed by atoms with E-state index in [2.05, 4.69) is 24.6 Å². The Morgan fingerprint density at radius 2 is 2.00 bits per heavy atom. The summed E-state index contributed by atoms with van der Waals surface area (Å²) in [5.74, 6) is -1.67. The Morgan fingerprint density at radius 1 is 1.28 bits per heavy atom. The fourth-order valence-corrected chi connectivity index (χ4v) is 7.44. The number of hydrogen-bond donors (Lipinski definition) is 2. The number of aromatic nitrogens is 2. The molecule has 170 valence electrons. The van der Waals surface area contributed by atoms with Crippen LogP contribution in [0.4, 0.5) is 14.6 Å². The Balaban J connectivity index is 1.76. The summed E-state index contributed by atoms with van der Waals surface area (Å²) >= 11 is 0. The molecule has 32 heavy (non-hydrogen) atoms. The first-order valence-corrected chi connectivity index (χ1v) is 11.7. The highest BCUT2D eigenvalue weighted by atomic mass is 32.2. The number of amides is 1. The number of aliphatic imine (C=N–C) groups is 1. The van der Waals surface area contributed by atoms with E-state index in [-0.39, 0.29) is 23.0 Å². The summed E-state index contributed by atoms with van der Waals surface area (Å²) in [7, 11) is -2.85. The molecule has 0 fully saturated rings.